The average Bonchev–Trinajstić information content (AvgIpc) is 3.65. The molecule has 0 spiro atoms. The van der Waals surface area contributed by atoms with E-state index in [4.69, 9.17) is 24.5 Å². The summed E-state index contributed by atoms with van der Waals surface area (Å²) in [6.07, 6.45) is 9.12. The van der Waals surface area contributed by atoms with Crippen molar-refractivity contribution >= 4 is 41.2 Å². The third-order valence-electron chi connectivity index (χ3n) is 8.20. The van der Waals surface area contributed by atoms with Gasteiger partial charge >= 0.3 is 11.9 Å². The van der Waals surface area contributed by atoms with Crippen molar-refractivity contribution in [2.24, 2.45) is 15.0 Å². The van der Waals surface area contributed by atoms with Gasteiger partial charge in [-0.3, -0.25) is 9.59 Å². The zero-order valence-electron chi connectivity index (χ0n) is 25.6. The molecular weight excluding hydrogens is 544 g/mol. The molecule has 0 saturated heterocycles. The summed E-state index contributed by atoms with van der Waals surface area (Å²) in [6, 6.07) is 2.05. The van der Waals surface area contributed by atoms with E-state index in [1.165, 1.54) is 14.2 Å². The second-order valence-electron chi connectivity index (χ2n) is 11.0. The molecule has 9 heteroatoms. The SMILES string of the molecule is COC(=O)CCC1=C(C)C2=NC1=CC1=NC(=CC3=C(C)/C(=C(/C)O)C(=N3)C=c3[nH]c(cc3C)=C2)C(C)=C1CCC(=O)OC. The van der Waals surface area contributed by atoms with Crippen molar-refractivity contribution in [3.05, 3.63) is 90.8 Å². The van der Waals surface area contributed by atoms with Gasteiger partial charge in [-0.25, -0.2) is 15.0 Å². The second kappa shape index (κ2) is 11.8. The first-order chi connectivity index (χ1) is 20.5. The van der Waals surface area contributed by atoms with Crippen molar-refractivity contribution < 1.29 is 24.2 Å². The number of aliphatic imine (C=N–C) groups is 3. The number of H-pyrrole nitrogens is 1. The van der Waals surface area contributed by atoms with Crippen LogP contribution in [0.15, 0.2) is 89.5 Å². The van der Waals surface area contributed by atoms with E-state index in [-0.39, 0.29) is 30.5 Å². The van der Waals surface area contributed by atoms with Crippen molar-refractivity contribution in [3.8, 4) is 0 Å². The number of rotatable bonds is 6. The highest BCUT2D eigenvalue weighted by molar-refractivity contribution is 6.25. The Labute approximate surface area is 250 Å². The van der Waals surface area contributed by atoms with E-state index in [1.807, 2.05) is 58.1 Å². The monoisotopic (exact) mass is 580 g/mol. The van der Waals surface area contributed by atoms with Gasteiger partial charge in [0.1, 0.15) is 0 Å². The maximum atomic E-state index is 12.1. The standard InChI is InChI=1S/C34H36N4O5/c1-17-12-22-13-26-18(2)23(8-10-32(40)42-6)29(36-26)16-30-24(9-11-33(41)43-7)19(3)27(37-30)15-28-20(4)34(21(5)39)31(38-28)14-25(17)35-22/h12-16,35,39H,8-11H2,1-7H3/b22-13?,25-14?,27-15?,29-16?,34-21+. The number of nitrogens with zero attached hydrogens (tertiary/aromatic N) is 3. The summed E-state index contributed by atoms with van der Waals surface area (Å²) in [6.45, 7) is 9.61. The van der Waals surface area contributed by atoms with E-state index in [1.54, 1.807) is 6.92 Å². The lowest BCUT2D eigenvalue weighted by atomic mass is 9.96. The fourth-order valence-electron chi connectivity index (χ4n) is 5.73. The number of carbonyl (C=O) groups is 2. The normalized spacial score (nSPS) is 18.9. The van der Waals surface area contributed by atoms with Crippen molar-refractivity contribution in [3.63, 3.8) is 0 Å². The fraction of sp³-hybridized carbons (Fsp3) is 0.324. The predicted octanol–water partition coefficient (Wildman–Crippen LogP) is 4.67. The minimum atomic E-state index is -0.304. The van der Waals surface area contributed by atoms with Gasteiger partial charge in [0.05, 0.1) is 54.2 Å². The Balaban J connectivity index is 1.76. The first-order valence-electron chi connectivity index (χ1n) is 14.2. The smallest absolute Gasteiger partial charge is 0.305 e. The quantitative estimate of drug-likeness (QED) is 0.374. The van der Waals surface area contributed by atoms with E-state index in [2.05, 4.69) is 4.98 Å². The van der Waals surface area contributed by atoms with E-state index < -0.39 is 0 Å². The lowest BCUT2D eigenvalue weighted by molar-refractivity contribution is -0.141. The van der Waals surface area contributed by atoms with Crippen LogP contribution in [0.2, 0.25) is 0 Å². The van der Waals surface area contributed by atoms with Crippen LogP contribution in [0.4, 0.5) is 0 Å². The summed E-state index contributed by atoms with van der Waals surface area (Å²) in [5.74, 6) is -0.408. The number of aryl methyl sites for hydroxylation is 1. The number of allylic oxidation sites excluding steroid dienone is 9. The number of carbonyl (C=O) groups excluding carboxylic acids is 2. The minimum absolute atomic E-state index is 0.188. The zero-order chi connectivity index (χ0) is 31.0. The minimum Gasteiger partial charge on any atom is -0.512 e. The molecule has 1 aromatic heterocycles. The van der Waals surface area contributed by atoms with Gasteiger partial charge in [-0.05, 0) is 111 Å². The second-order valence-corrected chi connectivity index (χ2v) is 11.0. The van der Waals surface area contributed by atoms with Gasteiger partial charge in [0, 0.05) is 29.1 Å². The summed E-state index contributed by atoms with van der Waals surface area (Å²) < 4.78 is 9.83. The highest BCUT2D eigenvalue weighted by Gasteiger charge is 2.27. The Morgan fingerprint density at radius 1 is 0.767 bits per heavy atom. The molecule has 4 aliphatic rings. The Morgan fingerprint density at radius 3 is 2.07 bits per heavy atom. The van der Waals surface area contributed by atoms with Crippen molar-refractivity contribution in [2.45, 2.75) is 60.3 Å². The summed E-state index contributed by atoms with van der Waals surface area (Å²) >= 11 is 0. The van der Waals surface area contributed by atoms with Gasteiger partial charge in [0.2, 0.25) is 0 Å². The van der Waals surface area contributed by atoms with Crippen molar-refractivity contribution in [1.29, 1.82) is 0 Å². The Kier molecular flexibility index (Phi) is 8.17. The number of aliphatic hydroxyl groups is 1. The van der Waals surface area contributed by atoms with Gasteiger partial charge in [-0.15, -0.1) is 0 Å². The molecule has 0 amide bonds. The van der Waals surface area contributed by atoms with Crippen LogP contribution < -0.4 is 10.7 Å². The number of hydrogen-bond acceptors (Lipinski definition) is 8. The molecule has 0 unspecified atom stereocenters. The molecule has 5 heterocycles. The fourth-order valence-corrected chi connectivity index (χ4v) is 5.73. The van der Waals surface area contributed by atoms with E-state index >= 15 is 0 Å². The third-order valence-corrected chi connectivity index (χ3v) is 8.20. The molecule has 8 bridgehead atoms. The first kappa shape index (κ1) is 29.7. The van der Waals surface area contributed by atoms with E-state index in [0.717, 1.165) is 61.2 Å². The van der Waals surface area contributed by atoms with Crippen LogP contribution >= 0.6 is 0 Å². The molecule has 2 N–H and O–H groups in total. The molecule has 0 radical (unpaired) electrons. The van der Waals surface area contributed by atoms with E-state index in [0.29, 0.717) is 35.5 Å². The molecule has 5 rings (SSSR count). The van der Waals surface area contributed by atoms with Gasteiger partial charge in [0.15, 0.2) is 0 Å². The number of aliphatic hydroxyl groups excluding tert-OH is 1. The number of hydrogen-bond donors (Lipinski definition) is 2. The molecule has 9 nitrogen and oxygen atoms in total. The number of esters is 2. The number of nitrogens with one attached hydrogen (secondary N) is 1. The Morgan fingerprint density at radius 2 is 1.42 bits per heavy atom. The molecule has 0 aliphatic carbocycles. The Bertz CT molecular complexity index is 1860. The average molecular weight is 581 g/mol. The summed E-state index contributed by atoms with van der Waals surface area (Å²) in [5, 5.41) is 12.4. The highest BCUT2D eigenvalue weighted by atomic mass is 16.5. The van der Waals surface area contributed by atoms with Crippen LogP contribution in [-0.2, 0) is 19.1 Å². The zero-order valence-corrected chi connectivity index (χ0v) is 25.6. The molecule has 0 atom stereocenters. The van der Waals surface area contributed by atoms with Gasteiger partial charge in [-0.2, -0.15) is 0 Å². The largest absolute Gasteiger partial charge is 0.512 e. The topological polar surface area (TPSA) is 126 Å². The third kappa shape index (κ3) is 5.80. The van der Waals surface area contributed by atoms with E-state index in [9.17, 15) is 14.7 Å². The molecular formula is C34H36N4O5. The number of fused-ring (bicyclic) bond motifs is 5. The molecule has 43 heavy (non-hydrogen) atoms. The van der Waals surface area contributed by atoms with Gasteiger partial charge in [0.25, 0.3) is 0 Å². The number of ether oxygens (including phenoxy) is 2. The lowest BCUT2D eigenvalue weighted by Crippen LogP contribution is -2.15. The van der Waals surface area contributed by atoms with Crippen LogP contribution in [0.5, 0.6) is 0 Å². The van der Waals surface area contributed by atoms with Crippen LogP contribution in [0.1, 0.15) is 58.9 Å². The van der Waals surface area contributed by atoms with Crippen LogP contribution in [-0.4, -0.2) is 53.4 Å². The summed E-state index contributed by atoms with van der Waals surface area (Å²) in [7, 11) is 2.76. The number of aromatic nitrogens is 1. The Hall–Kier alpha value is -4.79. The highest BCUT2D eigenvalue weighted by Crippen LogP contribution is 2.36. The summed E-state index contributed by atoms with van der Waals surface area (Å²) in [4.78, 5) is 42.6. The first-order valence-corrected chi connectivity index (χ1v) is 14.2. The van der Waals surface area contributed by atoms with Gasteiger partial charge in [-0.1, -0.05) is 0 Å². The summed E-state index contributed by atoms with van der Waals surface area (Å²) in [5.41, 5.74) is 10.6. The molecule has 4 aliphatic heterocycles. The number of methoxy groups -OCH3 is 2. The molecule has 0 fully saturated rings. The maximum Gasteiger partial charge on any atom is 0.305 e. The maximum absolute atomic E-state index is 12.1. The van der Waals surface area contributed by atoms with Crippen LogP contribution in [0.25, 0.3) is 12.2 Å². The molecule has 1 aromatic rings. The molecule has 222 valence electrons. The van der Waals surface area contributed by atoms with Crippen molar-refractivity contribution in [1.82, 2.24) is 4.98 Å². The lowest BCUT2D eigenvalue weighted by Gasteiger charge is -2.08. The van der Waals surface area contributed by atoms with Gasteiger partial charge < -0.3 is 19.6 Å². The van der Waals surface area contributed by atoms with Crippen LogP contribution in [0.3, 0.4) is 0 Å². The number of aromatic amines is 1. The van der Waals surface area contributed by atoms with Crippen molar-refractivity contribution in [2.75, 3.05) is 14.2 Å². The van der Waals surface area contributed by atoms with Crippen LogP contribution in [0, 0.1) is 6.92 Å². The predicted molar refractivity (Wildman–Crippen MR) is 168 cm³/mol. The molecule has 0 aromatic carbocycles. The molecule has 0 saturated carbocycles.